The Hall–Kier alpha value is -2.08. The van der Waals surface area contributed by atoms with E-state index in [1.54, 1.807) is 4.90 Å². The van der Waals surface area contributed by atoms with Crippen LogP contribution in [0.1, 0.15) is 11.1 Å². The van der Waals surface area contributed by atoms with Crippen molar-refractivity contribution < 1.29 is 9.59 Å². The van der Waals surface area contributed by atoms with Gasteiger partial charge in [0, 0.05) is 29.1 Å². The lowest BCUT2D eigenvalue weighted by atomic mass is 10.1. The highest BCUT2D eigenvalue weighted by molar-refractivity contribution is 9.10. The minimum absolute atomic E-state index is 0.0274. The van der Waals surface area contributed by atoms with Gasteiger partial charge in [0.1, 0.15) is 6.54 Å². The van der Waals surface area contributed by atoms with Crippen molar-refractivity contribution in [3.8, 4) is 0 Å². The lowest BCUT2D eigenvalue weighted by Crippen LogP contribution is -2.61. The van der Waals surface area contributed by atoms with E-state index in [1.165, 1.54) is 6.08 Å². The van der Waals surface area contributed by atoms with Crippen molar-refractivity contribution in [1.29, 1.82) is 0 Å². The van der Waals surface area contributed by atoms with Gasteiger partial charge >= 0.3 is 0 Å². The van der Waals surface area contributed by atoms with E-state index in [1.807, 2.05) is 24.6 Å². The predicted octanol–water partition coefficient (Wildman–Crippen LogP) is 2.53. The highest BCUT2D eigenvalue weighted by atomic mass is 79.9. The first-order valence-corrected chi connectivity index (χ1v) is 8.64. The number of nitrogens with zero attached hydrogens (tertiary/aromatic N) is 2. The summed E-state index contributed by atoms with van der Waals surface area (Å²) >= 11 is 3.52. The van der Waals surface area contributed by atoms with E-state index in [0.717, 1.165) is 26.5 Å². The van der Waals surface area contributed by atoms with Gasteiger partial charge in [-0.25, -0.2) is 0 Å². The number of fused-ring (bicyclic) bond motifs is 1. The van der Waals surface area contributed by atoms with Gasteiger partial charge in [0.2, 0.25) is 11.8 Å². The molecule has 1 saturated heterocycles. The number of rotatable bonds is 4. The van der Waals surface area contributed by atoms with Crippen molar-refractivity contribution in [2.24, 2.45) is 0 Å². The van der Waals surface area contributed by atoms with Crippen molar-refractivity contribution in [1.82, 2.24) is 14.8 Å². The fourth-order valence-corrected chi connectivity index (χ4v) is 3.79. The number of likely N-dealkylation sites (tertiary alicyclic amines) is 1. The standard InChI is InChI=1S/C18H20BrN3O2/c1-4-17(24)21-8-14(9-21)20-16(23)10-22-7-12(3)15-6-13(19)5-11(2)18(15)22/h4-7,14H,1,8-10H2,2-3H3,(H,20,23). The van der Waals surface area contributed by atoms with Gasteiger partial charge < -0.3 is 14.8 Å². The van der Waals surface area contributed by atoms with Crippen molar-refractivity contribution >= 4 is 38.6 Å². The summed E-state index contributed by atoms with van der Waals surface area (Å²) in [6.45, 7) is 8.94. The van der Waals surface area contributed by atoms with Crippen molar-refractivity contribution in [2.45, 2.75) is 26.4 Å². The highest BCUT2D eigenvalue weighted by Gasteiger charge is 2.30. The molecular weight excluding hydrogens is 370 g/mol. The molecule has 0 saturated carbocycles. The van der Waals surface area contributed by atoms with Gasteiger partial charge in [0.15, 0.2) is 0 Å². The highest BCUT2D eigenvalue weighted by Crippen LogP contribution is 2.28. The van der Waals surface area contributed by atoms with E-state index < -0.39 is 0 Å². The normalized spacial score (nSPS) is 14.5. The summed E-state index contributed by atoms with van der Waals surface area (Å²) in [5.41, 5.74) is 3.36. The molecule has 1 aromatic carbocycles. The molecule has 2 aromatic rings. The molecule has 1 fully saturated rings. The second kappa shape index (κ2) is 6.43. The van der Waals surface area contributed by atoms with Gasteiger partial charge in [0.25, 0.3) is 0 Å². The maximum atomic E-state index is 12.3. The van der Waals surface area contributed by atoms with E-state index in [9.17, 15) is 9.59 Å². The Balaban J connectivity index is 1.69. The molecule has 5 nitrogen and oxygen atoms in total. The number of hydrogen-bond acceptors (Lipinski definition) is 2. The number of nitrogens with one attached hydrogen (secondary N) is 1. The van der Waals surface area contributed by atoms with E-state index >= 15 is 0 Å². The first-order chi connectivity index (χ1) is 11.4. The molecule has 3 rings (SSSR count). The molecule has 0 radical (unpaired) electrons. The number of aromatic nitrogens is 1. The van der Waals surface area contributed by atoms with Gasteiger partial charge in [-0.3, -0.25) is 9.59 Å². The summed E-state index contributed by atoms with van der Waals surface area (Å²) in [5.74, 6) is -0.126. The van der Waals surface area contributed by atoms with Crippen LogP contribution < -0.4 is 5.32 Å². The largest absolute Gasteiger partial charge is 0.348 e. The van der Waals surface area contributed by atoms with Gasteiger partial charge in [-0.1, -0.05) is 22.5 Å². The number of carbonyl (C=O) groups excluding carboxylic acids is 2. The minimum atomic E-state index is -0.0891. The monoisotopic (exact) mass is 389 g/mol. The van der Waals surface area contributed by atoms with Gasteiger partial charge in [0.05, 0.1) is 11.6 Å². The Labute approximate surface area is 149 Å². The lowest BCUT2D eigenvalue weighted by molar-refractivity contribution is -0.133. The zero-order valence-electron chi connectivity index (χ0n) is 13.8. The molecule has 0 unspecified atom stereocenters. The molecule has 2 heterocycles. The number of carbonyl (C=O) groups is 2. The summed E-state index contributed by atoms with van der Waals surface area (Å²) in [6.07, 6.45) is 3.31. The molecular formula is C18H20BrN3O2. The van der Waals surface area contributed by atoms with Gasteiger partial charge in [-0.2, -0.15) is 0 Å². The summed E-state index contributed by atoms with van der Waals surface area (Å²) in [6, 6.07) is 4.16. The zero-order valence-corrected chi connectivity index (χ0v) is 15.4. The fraction of sp³-hybridized carbons (Fsp3) is 0.333. The summed E-state index contributed by atoms with van der Waals surface area (Å²) in [5, 5.41) is 4.14. The Bertz CT molecular complexity index is 834. The Kier molecular flexibility index (Phi) is 4.49. The van der Waals surface area contributed by atoms with Crippen LogP contribution in [0.15, 0.2) is 35.5 Å². The molecule has 0 spiro atoms. The number of amides is 2. The number of benzene rings is 1. The summed E-state index contributed by atoms with van der Waals surface area (Å²) in [7, 11) is 0. The van der Waals surface area contributed by atoms with E-state index in [4.69, 9.17) is 0 Å². The maximum absolute atomic E-state index is 12.3. The molecule has 24 heavy (non-hydrogen) atoms. The Morgan fingerprint density at radius 3 is 2.71 bits per heavy atom. The predicted molar refractivity (Wildman–Crippen MR) is 97.8 cm³/mol. The van der Waals surface area contributed by atoms with E-state index in [-0.39, 0.29) is 24.4 Å². The van der Waals surface area contributed by atoms with Crippen molar-refractivity contribution in [3.05, 3.63) is 46.6 Å². The van der Waals surface area contributed by atoms with Crippen LogP contribution in [-0.2, 0) is 16.1 Å². The molecule has 1 N–H and O–H groups in total. The molecule has 1 aliphatic rings. The fourth-order valence-electron chi connectivity index (χ4n) is 3.22. The van der Waals surface area contributed by atoms with Crippen LogP contribution in [0.5, 0.6) is 0 Å². The molecule has 0 atom stereocenters. The van der Waals surface area contributed by atoms with E-state index in [2.05, 4.69) is 40.0 Å². The number of halogens is 1. The summed E-state index contributed by atoms with van der Waals surface area (Å²) < 4.78 is 3.03. The van der Waals surface area contributed by atoms with E-state index in [0.29, 0.717) is 13.1 Å². The second-order valence-electron chi connectivity index (χ2n) is 6.27. The smallest absolute Gasteiger partial charge is 0.246 e. The number of aryl methyl sites for hydroxylation is 2. The van der Waals surface area contributed by atoms with Crippen LogP contribution in [0.3, 0.4) is 0 Å². The topological polar surface area (TPSA) is 54.3 Å². The minimum Gasteiger partial charge on any atom is -0.348 e. The molecule has 6 heteroatoms. The first kappa shape index (κ1) is 16.8. The molecule has 2 amide bonds. The van der Waals surface area contributed by atoms with Gasteiger partial charge in [-0.05, 0) is 43.2 Å². The molecule has 126 valence electrons. The van der Waals surface area contributed by atoms with Gasteiger partial charge in [-0.15, -0.1) is 0 Å². The molecule has 0 bridgehead atoms. The maximum Gasteiger partial charge on any atom is 0.246 e. The van der Waals surface area contributed by atoms with Crippen molar-refractivity contribution in [2.75, 3.05) is 13.1 Å². The average Bonchev–Trinajstić information content (AvgIpc) is 2.78. The lowest BCUT2D eigenvalue weighted by Gasteiger charge is -2.38. The van der Waals surface area contributed by atoms with Crippen LogP contribution in [0.2, 0.25) is 0 Å². The number of hydrogen-bond donors (Lipinski definition) is 1. The third-order valence-electron chi connectivity index (χ3n) is 4.37. The SMILES string of the molecule is C=CC(=O)N1CC(NC(=O)Cn2cc(C)c3cc(Br)cc(C)c32)C1. The second-order valence-corrected chi connectivity index (χ2v) is 7.19. The van der Waals surface area contributed by atoms with Crippen LogP contribution >= 0.6 is 15.9 Å². The molecule has 1 aliphatic heterocycles. The van der Waals surface area contributed by atoms with Crippen LogP contribution in [0.4, 0.5) is 0 Å². The molecule has 1 aromatic heterocycles. The zero-order chi connectivity index (χ0) is 17.4. The Morgan fingerprint density at radius 2 is 2.04 bits per heavy atom. The summed E-state index contributed by atoms with van der Waals surface area (Å²) in [4.78, 5) is 25.4. The van der Waals surface area contributed by atoms with Crippen LogP contribution in [0, 0.1) is 13.8 Å². The third kappa shape index (κ3) is 3.11. The third-order valence-corrected chi connectivity index (χ3v) is 4.83. The molecule has 0 aliphatic carbocycles. The first-order valence-electron chi connectivity index (χ1n) is 7.85. The van der Waals surface area contributed by atoms with Crippen LogP contribution in [0.25, 0.3) is 10.9 Å². The van der Waals surface area contributed by atoms with Crippen molar-refractivity contribution in [3.63, 3.8) is 0 Å². The quantitative estimate of drug-likeness (QED) is 0.816. The van der Waals surface area contributed by atoms with Crippen LogP contribution in [-0.4, -0.2) is 40.4 Å². The Morgan fingerprint density at radius 1 is 1.33 bits per heavy atom. The average molecular weight is 390 g/mol.